The van der Waals surface area contributed by atoms with Crippen molar-refractivity contribution in [3.05, 3.63) is 57.5 Å². The summed E-state index contributed by atoms with van der Waals surface area (Å²) in [6, 6.07) is 10.5. The van der Waals surface area contributed by atoms with E-state index in [-0.39, 0.29) is 5.56 Å². The molecule has 0 spiro atoms. The van der Waals surface area contributed by atoms with Crippen LogP contribution in [0.5, 0.6) is 5.75 Å². The average Bonchev–Trinajstić information content (AvgIpc) is 3.33. The molecule has 4 rings (SSSR count). The molecule has 1 N–H and O–H groups in total. The number of methoxy groups -OCH3 is 1. The van der Waals surface area contributed by atoms with Crippen LogP contribution in [0, 0.1) is 0 Å². The topological polar surface area (TPSA) is 58.2 Å². The lowest BCUT2D eigenvalue weighted by atomic mass is 10.2. The standard InChI is InChI=1S/C18H19N3O2S/c1-23-15-5-3-2-4-12(15)10-21(13-6-7-13)11-16-19-14-8-9-24-17(14)18(22)20-16/h2-5,8-9,13H,6-7,10-11H2,1H3,(H,19,20,22). The van der Waals surface area contributed by atoms with Crippen molar-refractivity contribution in [2.75, 3.05) is 7.11 Å². The van der Waals surface area contributed by atoms with Gasteiger partial charge >= 0.3 is 0 Å². The van der Waals surface area contributed by atoms with Gasteiger partial charge in [-0.05, 0) is 30.4 Å². The van der Waals surface area contributed by atoms with Crippen LogP contribution in [-0.4, -0.2) is 28.0 Å². The van der Waals surface area contributed by atoms with Gasteiger partial charge in [-0.2, -0.15) is 0 Å². The van der Waals surface area contributed by atoms with Crippen LogP contribution in [0.3, 0.4) is 0 Å². The Balaban J connectivity index is 1.60. The molecular weight excluding hydrogens is 322 g/mol. The summed E-state index contributed by atoms with van der Waals surface area (Å²) >= 11 is 1.43. The van der Waals surface area contributed by atoms with E-state index in [1.165, 1.54) is 24.2 Å². The number of H-pyrrole nitrogens is 1. The smallest absolute Gasteiger partial charge is 0.268 e. The van der Waals surface area contributed by atoms with Crippen LogP contribution < -0.4 is 10.3 Å². The van der Waals surface area contributed by atoms with E-state index < -0.39 is 0 Å². The third-order valence-corrected chi connectivity index (χ3v) is 5.25. The van der Waals surface area contributed by atoms with E-state index in [4.69, 9.17) is 4.74 Å². The molecule has 1 aliphatic rings. The van der Waals surface area contributed by atoms with Crippen LogP contribution in [0.15, 0.2) is 40.5 Å². The van der Waals surface area contributed by atoms with Gasteiger partial charge in [0.2, 0.25) is 0 Å². The number of nitrogens with zero attached hydrogens (tertiary/aromatic N) is 2. The molecule has 0 unspecified atom stereocenters. The second-order valence-corrected chi connectivity index (χ2v) is 7.01. The zero-order chi connectivity index (χ0) is 16.5. The highest BCUT2D eigenvalue weighted by atomic mass is 32.1. The van der Waals surface area contributed by atoms with Crippen LogP contribution in [0.1, 0.15) is 24.2 Å². The van der Waals surface area contributed by atoms with Crippen molar-refractivity contribution in [3.63, 3.8) is 0 Å². The molecule has 24 heavy (non-hydrogen) atoms. The predicted molar refractivity (Wildman–Crippen MR) is 95.5 cm³/mol. The largest absolute Gasteiger partial charge is 0.496 e. The molecule has 0 radical (unpaired) electrons. The Bertz CT molecular complexity index is 914. The van der Waals surface area contributed by atoms with Crippen LogP contribution in [0.25, 0.3) is 10.2 Å². The van der Waals surface area contributed by atoms with E-state index in [1.54, 1.807) is 7.11 Å². The first-order valence-electron chi connectivity index (χ1n) is 8.07. The molecule has 2 aromatic heterocycles. The van der Waals surface area contributed by atoms with Crippen LogP contribution >= 0.6 is 11.3 Å². The molecule has 124 valence electrons. The highest BCUT2D eigenvalue weighted by Crippen LogP contribution is 2.31. The molecule has 1 fully saturated rings. The Morgan fingerprint density at radius 1 is 1.29 bits per heavy atom. The van der Waals surface area contributed by atoms with Crippen molar-refractivity contribution in [2.24, 2.45) is 0 Å². The highest BCUT2D eigenvalue weighted by molar-refractivity contribution is 7.17. The number of benzene rings is 1. The number of rotatable bonds is 6. The first-order chi connectivity index (χ1) is 11.7. The molecule has 1 aliphatic carbocycles. The Morgan fingerprint density at radius 2 is 2.12 bits per heavy atom. The van der Waals surface area contributed by atoms with Gasteiger partial charge in [-0.1, -0.05) is 18.2 Å². The minimum absolute atomic E-state index is 0.0435. The monoisotopic (exact) mass is 341 g/mol. The summed E-state index contributed by atoms with van der Waals surface area (Å²) in [6.07, 6.45) is 2.39. The summed E-state index contributed by atoms with van der Waals surface area (Å²) in [4.78, 5) is 22.1. The maximum absolute atomic E-state index is 12.2. The number of hydrogen-bond acceptors (Lipinski definition) is 5. The summed E-state index contributed by atoms with van der Waals surface area (Å²) in [5, 5.41) is 1.91. The summed E-state index contributed by atoms with van der Waals surface area (Å²) in [7, 11) is 1.70. The fraction of sp³-hybridized carbons (Fsp3) is 0.333. The molecule has 1 saturated carbocycles. The number of aromatic amines is 1. The van der Waals surface area contributed by atoms with Crippen LogP contribution in [0.2, 0.25) is 0 Å². The quantitative estimate of drug-likeness (QED) is 0.748. The molecular formula is C18H19N3O2S. The zero-order valence-corrected chi connectivity index (χ0v) is 14.3. The Morgan fingerprint density at radius 3 is 2.92 bits per heavy atom. The lowest BCUT2D eigenvalue weighted by Gasteiger charge is -2.22. The summed E-state index contributed by atoms with van der Waals surface area (Å²) in [5.41, 5.74) is 1.90. The van der Waals surface area contributed by atoms with E-state index >= 15 is 0 Å². The maximum atomic E-state index is 12.2. The number of fused-ring (bicyclic) bond motifs is 1. The molecule has 0 bridgehead atoms. The number of nitrogens with one attached hydrogen (secondary N) is 1. The first kappa shape index (κ1) is 15.4. The molecule has 1 aromatic carbocycles. The van der Waals surface area contributed by atoms with Gasteiger partial charge in [0.1, 0.15) is 16.3 Å². The van der Waals surface area contributed by atoms with Gasteiger partial charge in [0, 0.05) is 18.2 Å². The maximum Gasteiger partial charge on any atom is 0.268 e. The van der Waals surface area contributed by atoms with Gasteiger partial charge in [0.15, 0.2) is 0 Å². The SMILES string of the molecule is COc1ccccc1CN(Cc1nc2ccsc2c(=O)[nH]1)C1CC1. The molecule has 0 saturated heterocycles. The summed E-state index contributed by atoms with van der Waals surface area (Å²) < 4.78 is 6.16. The molecule has 5 nitrogen and oxygen atoms in total. The second-order valence-electron chi connectivity index (χ2n) is 6.10. The Kier molecular flexibility index (Phi) is 4.08. The van der Waals surface area contributed by atoms with Gasteiger partial charge < -0.3 is 9.72 Å². The van der Waals surface area contributed by atoms with Crippen LogP contribution in [-0.2, 0) is 13.1 Å². The van der Waals surface area contributed by atoms with Crippen molar-refractivity contribution in [2.45, 2.75) is 32.0 Å². The van der Waals surface area contributed by atoms with E-state index in [0.29, 0.717) is 17.3 Å². The van der Waals surface area contributed by atoms with E-state index in [0.717, 1.165) is 29.2 Å². The molecule has 6 heteroatoms. The predicted octanol–water partition coefficient (Wildman–Crippen LogP) is 3.16. The fourth-order valence-corrected chi connectivity index (χ4v) is 3.72. The highest BCUT2D eigenvalue weighted by Gasteiger charge is 2.30. The first-order valence-corrected chi connectivity index (χ1v) is 8.95. The zero-order valence-electron chi connectivity index (χ0n) is 13.5. The number of ether oxygens (including phenoxy) is 1. The molecule has 0 aliphatic heterocycles. The lowest BCUT2D eigenvalue weighted by molar-refractivity contribution is 0.236. The van der Waals surface area contributed by atoms with Gasteiger partial charge in [-0.3, -0.25) is 9.69 Å². The molecule has 2 heterocycles. The van der Waals surface area contributed by atoms with Gasteiger partial charge in [-0.25, -0.2) is 4.98 Å². The van der Waals surface area contributed by atoms with Crippen molar-refractivity contribution >= 4 is 21.6 Å². The molecule has 3 aromatic rings. The van der Waals surface area contributed by atoms with Gasteiger partial charge in [-0.15, -0.1) is 11.3 Å². The molecule has 0 atom stereocenters. The number of para-hydroxylation sites is 1. The normalized spacial score (nSPS) is 14.4. The van der Waals surface area contributed by atoms with E-state index in [9.17, 15) is 4.79 Å². The van der Waals surface area contributed by atoms with Gasteiger partial charge in [0.25, 0.3) is 5.56 Å². The van der Waals surface area contributed by atoms with Crippen molar-refractivity contribution < 1.29 is 4.74 Å². The van der Waals surface area contributed by atoms with Gasteiger partial charge in [0.05, 0.1) is 19.2 Å². The van der Waals surface area contributed by atoms with Crippen molar-refractivity contribution in [3.8, 4) is 5.75 Å². The number of hydrogen-bond donors (Lipinski definition) is 1. The second kappa shape index (κ2) is 6.37. The minimum Gasteiger partial charge on any atom is -0.496 e. The summed E-state index contributed by atoms with van der Waals surface area (Å²) in [5.74, 6) is 1.63. The van der Waals surface area contributed by atoms with E-state index in [2.05, 4.69) is 20.9 Å². The third kappa shape index (κ3) is 3.07. The van der Waals surface area contributed by atoms with Crippen molar-refractivity contribution in [1.29, 1.82) is 0 Å². The van der Waals surface area contributed by atoms with Crippen molar-refractivity contribution in [1.82, 2.24) is 14.9 Å². The molecule has 0 amide bonds. The minimum atomic E-state index is -0.0435. The lowest BCUT2D eigenvalue weighted by Crippen LogP contribution is -2.27. The number of aromatic nitrogens is 2. The van der Waals surface area contributed by atoms with E-state index in [1.807, 2.05) is 29.6 Å². The fourth-order valence-electron chi connectivity index (χ4n) is 3.00. The Hall–Kier alpha value is -2.18. The third-order valence-electron chi connectivity index (χ3n) is 4.35. The average molecular weight is 341 g/mol. The Labute approximate surface area is 143 Å². The number of thiophene rings is 1. The summed E-state index contributed by atoms with van der Waals surface area (Å²) in [6.45, 7) is 1.43. The van der Waals surface area contributed by atoms with Crippen LogP contribution in [0.4, 0.5) is 0 Å².